The number of nitrogens with zero attached hydrogens (tertiary/aromatic N) is 2. The van der Waals surface area contributed by atoms with Crippen LogP contribution in [-0.2, 0) is 0 Å². The number of aromatic nitrogens is 2. The van der Waals surface area contributed by atoms with E-state index >= 15 is 0 Å². The number of nitrogens with one attached hydrogen (secondary N) is 2. The summed E-state index contributed by atoms with van der Waals surface area (Å²) in [7, 11) is 0. The lowest BCUT2D eigenvalue weighted by Crippen LogP contribution is -2.42. The number of hydrogen-bond donors (Lipinski definition) is 2. The molecular formula is C14H14N4O2. The molecule has 2 aromatic rings. The molecule has 0 aliphatic carbocycles. The zero-order valence-corrected chi connectivity index (χ0v) is 11.2. The standard InChI is InChI=1S/C14H14N4O2/c1-9-3-5-15-7-11(9)13(19)17-18-14(20)12-8-16-6-4-10(12)2/h3-8H,1-2H3,(H,17,19)(H,18,20). The van der Waals surface area contributed by atoms with Crippen molar-refractivity contribution in [3.63, 3.8) is 0 Å². The summed E-state index contributed by atoms with van der Waals surface area (Å²) in [6.07, 6.45) is 6.10. The summed E-state index contributed by atoms with van der Waals surface area (Å²) in [5.41, 5.74) is 7.11. The zero-order valence-electron chi connectivity index (χ0n) is 11.2. The van der Waals surface area contributed by atoms with Crippen LogP contribution < -0.4 is 10.9 Å². The van der Waals surface area contributed by atoms with Crippen molar-refractivity contribution in [1.29, 1.82) is 0 Å². The Hall–Kier alpha value is -2.76. The minimum Gasteiger partial charge on any atom is -0.267 e. The largest absolute Gasteiger partial charge is 0.271 e. The molecule has 2 amide bonds. The summed E-state index contributed by atoms with van der Waals surface area (Å²) in [6, 6.07) is 3.45. The second-order valence-electron chi connectivity index (χ2n) is 4.29. The number of hydrazine groups is 1. The predicted molar refractivity (Wildman–Crippen MR) is 72.9 cm³/mol. The second-order valence-corrected chi connectivity index (χ2v) is 4.29. The Morgan fingerprint density at radius 2 is 1.25 bits per heavy atom. The summed E-state index contributed by atoms with van der Waals surface area (Å²) in [4.78, 5) is 31.6. The minimum atomic E-state index is -0.412. The Labute approximate surface area is 116 Å². The highest BCUT2D eigenvalue weighted by atomic mass is 16.2. The molecule has 102 valence electrons. The number of pyridine rings is 2. The molecule has 20 heavy (non-hydrogen) atoms. The van der Waals surface area contributed by atoms with Gasteiger partial charge in [0, 0.05) is 24.8 Å². The molecule has 0 aromatic carbocycles. The number of carbonyl (C=O) groups is 2. The SMILES string of the molecule is Cc1ccncc1C(=O)NNC(=O)c1cnccc1C. The monoisotopic (exact) mass is 270 g/mol. The van der Waals surface area contributed by atoms with Gasteiger partial charge < -0.3 is 0 Å². The van der Waals surface area contributed by atoms with Crippen molar-refractivity contribution in [3.05, 3.63) is 59.2 Å². The molecule has 0 spiro atoms. The molecule has 0 bridgehead atoms. The summed E-state index contributed by atoms with van der Waals surface area (Å²) in [6.45, 7) is 3.59. The van der Waals surface area contributed by atoms with Gasteiger partial charge in [-0.05, 0) is 37.1 Å². The van der Waals surface area contributed by atoms with E-state index in [4.69, 9.17) is 0 Å². The van der Waals surface area contributed by atoms with E-state index in [1.165, 1.54) is 12.4 Å². The Kier molecular flexibility index (Phi) is 4.05. The normalized spacial score (nSPS) is 9.90. The van der Waals surface area contributed by atoms with Gasteiger partial charge in [-0.1, -0.05) is 0 Å². The maximum Gasteiger partial charge on any atom is 0.271 e. The fourth-order valence-corrected chi connectivity index (χ4v) is 1.65. The molecule has 0 saturated carbocycles. The second kappa shape index (κ2) is 5.92. The molecule has 0 aliphatic rings. The Balaban J connectivity index is 2.03. The van der Waals surface area contributed by atoms with Gasteiger partial charge in [-0.3, -0.25) is 30.4 Å². The maximum absolute atomic E-state index is 11.9. The summed E-state index contributed by atoms with van der Waals surface area (Å²) >= 11 is 0. The first-order chi connectivity index (χ1) is 9.59. The van der Waals surface area contributed by atoms with Gasteiger partial charge in [-0.15, -0.1) is 0 Å². The van der Waals surface area contributed by atoms with E-state index in [1.807, 2.05) is 0 Å². The van der Waals surface area contributed by atoms with Crippen LogP contribution >= 0.6 is 0 Å². The third-order valence-corrected chi connectivity index (χ3v) is 2.86. The van der Waals surface area contributed by atoms with Crippen LogP contribution in [0.2, 0.25) is 0 Å². The quantitative estimate of drug-likeness (QED) is 0.802. The van der Waals surface area contributed by atoms with Gasteiger partial charge in [0.15, 0.2) is 0 Å². The molecule has 6 nitrogen and oxygen atoms in total. The van der Waals surface area contributed by atoms with E-state index in [1.54, 1.807) is 38.4 Å². The lowest BCUT2D eigenvalue weighted by molar-refractivity contribution is 0.0845. The van der Waals surface area contributed by atoms with E-state index in [0.29, 0.717) is 11.1 Å². The first-order valence-electron chi connectivity index (χ1n) is 6.01. The molecule has 2 aromatic heterocycles. The summed E-state index contributed by atoms with van der Waals surface area (Å²) in [5.74, 6) is -0.823. The summed E-state index contributed by atoms with van der Waals surface area (Å²) in [5, 5.41) is 0. The fourth-order valence-electron chi connectivity index (χ4n) is 1.65. The van der Waals surface area contributed by atoms with Crippen LogP contribution in [0.25, 0.3) is 0 Å². The number of rotatable bonds is 2. The molecule has 2 N–H and O–H groups in total. The smallest absolute Gasteiger partial charge is 0.267 e. The van der Waals surface area contributed by atoms with Crippen molar-refractivity contribution >= 4 is 11.8 Å². The van der Waals surface area contributed by atoms with Crippen LogP contribution in [-0.4, -0.2) is 21.8 Å². The molecule has 6 heteroatoms. The van der Waals surface area contributed by atoms with Crippen LogP contribution in [0, 0.1) is 13.8 Å². The van der Waals surface area contributed by atoms with E-state index in [9.17, 15) is 9.59 Å². The third-order valence-electron chi connectivity index (χ3n) is 2.86. The van der Waals surface area contributed by atoms with Crippen molar-refractivity contribution in [2.45, 2.75) is 13.8 Å². The number of aryl methyl sites for hydroxylation is 2. The van der Waals surface area contributed by atoms with Crippen LogP contribution in [0.15, 0.2) is 36.9 Å². The zero-order chi connectivity index (χ0) is 14.5. The number of hydrogen-bond acceptors (Lipinski definition) is 4. The summed E-state index contributed by atoms with van der Waals surface area (Å²) < 4.78 is 0. The average molecular weight is 270 g/mol. The lowest BCUT2D eigenvalue weighted by atomic mass is 10.1. The van der Waals surface area contributed by atoms with E-state index in [2.05, 4.69) is 20.8 Å². The Bertz CT molecular complexity index is 598. The third kappa shape index (κ3) is 2.97. The maximum atomic E-state index is 11.9. The van der Waals surface area contributed by atoms with Gasteiger partial charge in [-0.2, -0.15) is 0 Å². The van der Waals surface area contributed by atoms with Crippen molar-refractivity contribution in [2.75, 3.05) is 0 Å². The van der Waals surface area contributed by atoms with Crippen LogP contribution in [0.1, 0.15) is 31.8 Å². The van der Waals surface area contributed by atoms with Crippen LogP contribution in [0.5, 0.6) is 0 Å². The van der Waals surface area contributed by atoms with Gasteiger partial charge in [0.1, 0.15) is 0 Å². The molecule has 2 heterocycles. The van der Waals surface area contributed by atoms with Gasteiger partial charge in [0.25, 0.3) is 11.8 Å². The topological polar surface area (TPSA) is 84.0 Å². The molecule has 0 unspecified atom stereocenters. The number of carbonyl (C=O) groups excluding carboxylic acids is 2. The Morgan fingerprint density at radius 3 is 1.60 bits per heavy atom. The molecule has 0 atom stereocenters. The van der Waals surface area contributed by atoms with Gasteiger partial charge >= 0.3 is 0 Å². The van der Waals surface area contributed by atoms with Crippen molar-refractivity contribution in [1.82, 2.24) is 20.8 Å². The number of amides is 2. The minimum absolute atomic E-state index is 0.412. The van der Waals surface area contributed by atoms with Crippen molar-refractivity contribution in [3.8, 4) is 0 Å². The first kappa shape index (κ1) is 13.7. The predicted octanol–water partition coefficient (Wildman–Crippen LogP) is 1.17. The van der Waals surface area contributed by atoms with Crippen LogP contribution in [0.4, 0.5) is 0 Å². The van der Waals surface area contributed by atoms with Gasteiger partial charge in [-0.25, -0.2) is 0 Å². The highest BCUT2D eigenvalue weighted by Gasteiger charge is 2.12. The molecule has 2 rings (SSSR count). The van der Waals surface area contributed by atoms with Crippen molar-refractivity contribution < 1.29 is 9.59 Å². The van der Waals surface area contributed by atoms with Gasteiger partial charge in [0.2, 0.25) is 0 Å². The fraction of sp³-hybridized carbons (Fsp3) is 0.143. The van der Waals surface area contributed by atoms with E-state index in [0.717, 1.165) is 11.1 Å². The van der Waals surface area contributed by atoms with E-state index in [-0.39, 0.29) is 0 Å². The first-order valence-corrected chi connectivity index (χ1v) is 6.01. The van der Waals surface area contributed by atoms with Crippen LogP contribution in [0.3, 0.4) is 0 Å². The molecule has 0 aliphatic heterocycles. The highest BCUT2D eigenvalue weighted by molar-refractivity contribution is 6.00. The molecule has 0 fully saturated rings. The highest BCUT2D eigenvalue weighted by Crippen LogP contribution is 2.05. The molecule has 0 radical (unpaired) electrons. The average Bonchev–Trinajstić information content (AvgIpc) is 2.45. The molecule has 0 saturated heterocycles. The van der Waals surface area contributed by atoms with Gasteiger partial charge in [0.05, 0.1) is 11.1 Å². The molecular weight excluding hydrogens is 256 g/mol. The van der Waals surface area contributed by atoms with E-state index < -0.39 is 11.8 Å². The Morgan fingerprint density at radius 1 is 0.850 bits per heavy atom. The lowest BCUT2D eigenvalue weighted by Gasteiger charge is -2.09. The van der Waals surface area contributed by atoms with Crippen molar-refractivity contribution in [2.24, 2.45) is 0 Å².